The number of carbonyl (C=O) groups excluding carboxylic acids is 2. The summed E-state index contributed by atoms with van der Waals surface area (Å²) in [6, 6.07) is 19.2. The minimum absolute atomic E-state index is 0.0135. The first-order valence-electron chi connectivity index (χ1n) is 11.7. The van der Waals surface area contributed by atoms with Crippen LogP contribution in [0, 0.1) is 5.92 Å². The Bertz CT molecular complexity index is 1090. The number of esters is 1. The Morgan fingerprint density at radius 2 is 1.68 bits per heavy atom. The Kier molecular flexibility index (Phi) is 7.58. The van der Waals surface area contributed by atoms with E-state index in [2.05, 4.69) is 29.6 Å². The number of carbonyl (C=O) groups is 3. The molecule has 1 amide bonds. The van der Waals surface area contributed by atoms with Crippen molar-refractivity contribution < 1.29 is 24.2 Å². The number of ether oxygens (including phenoxy) is 1. The van der Waals surface area contributed by atoms with Crippen LogP contribution in [0.1, 0.15) is 49.1 Å². The monoisotopic (exact) mass is 459 g/mol. The summed E-state index contributed by atoms with van der Waals surface area (Å²) >= 11 is 0. The van der Waals surface area contributed by atoms with Crippen LogP contribution >= 0.6 is 0 Å². The number of carboxylic acids is 1. The molecule has 0 spiro atoms. The molecule has 0 radical (unpaired) electrons. The Morgan fingerprint density at radius 3 is 2.38 bits per heavy atom. The number of hydrogen-bond donors (Lipinski definition) is 2. The van der Waals surface area contributed by atoms with Gasteiger partial charge in [-0.1, -0.05) is 72.8 Å². The molecular weight excluding hydrogens is 430 g/mol. The van der Waals surface area contributed by atoms with Gasteiger partial charge in [0.25, 0.3) is 0 Å². The van der Waals surface area contributed by atoms with E-state index in [4.69, 9.17) is 4.74 Å². The van der Waals surface area contributed by atoms with Crippen LogP contribution < -0.4 is 5.32 Å². The van der Waals surface area contributed by atoms with Gasteiger partial charge in [0.2, 0.25) is 5.91 Å². The van der Waals surface area contributed by atoms with Crippen LogP contribution in [0.15, 0.2) is 84.0 Å². The molecular formula is C28H29NO5. The van der Waals surface area contributed by atoms with E-state index in [0.29, 0.717) is 12.8 Å². The van der Waals surface area contributed by atoms with Gasteiger partial charge in [-0.2, -0.15) is 0 Å². The molecule has 3 atom stereocenters. The van der Waals surface area contributed by atoms with Crippen molar-refractivity contribution >= 4 is 17.8 Å². The smallest absolute Gasteiger partial charge is 0.311 e. The highest BCUT2D eigenvalue weighted by atomic mass is 16.5. The summed E-state index contributed by atoms with van der Waals surface area (Å²) in [5.41, 5.74) is 3.92. The minimum Gasteiger partial charge on any atom is -0.481 e. The summed E-state index contributed by atoms with van der Waals surface area (Å²) in [4.78, 5) is 36.5. The largest absolute Gasteiger partial charge is 0.481 e. The highest BCUT2D eigenvalue weighted by Gasteiger charge is 2.36. The van der Waals surface area contributed by atoms with Gasteiger partial charge in [0, 0.05) is 18.4 Å². The summed E-state index contributed by atoms with van der Waals surface area (Å²) < 4.78 is 5.22. The topological polar surface area (TPSA) is 92.7 Å². The number of fused-ring (bicyclic) bond motifs is 1. The molecule has 2 aliphatic rings. The van der Waals surface area contributed by atoms with Crippen LogP contribution in [0.5, 0.6) is 0 Å². The predicted octanol–water partition coefficient (Wildman–Crippen LogP) is 4.53. The molecule has 2 aromatic carbocycles. The molecule has 1 fully saturated rings. The average molecular weight is 460 g/mol. The molecule has 0 bridgehead atoms. The molecule has 2 N–H and O–H groups in total. The second-order valence-electron chi connectivity index (χ2n) is 8.85. The Balaban J connectivity index is 1.30. The number of amides is 1. The summed E-state index contributed by atoms with van der Waals surface area (Å²) in [5, 5.41) is 12.8. The zero-order valence-corrected chi connectivity index (χ0v) is 19.0. The van der Waals surface area contributed by atoms with Gasteiger partial charge in [0.15, 0.2) is 0 Å². The van der Waals surface area contributed by atoms with Gasteiger partial charge in [-0.3, -0.25) is 14.4 Å². The van der Waals surface area contributed by atoms with Crippen LogP contribution in [0.2, 0.25) is 0 Å². The van der Waals surface area contributed by atoms with E-state index in [1.54, 1.807) is 0 Å². The van der Waals surface area contributed by atoms with Gasteiger partial charge < -0.3 is 15.2 Å². The van der Waals surface area contributed by atoms with Crippen LogP contribution in [0.3, 0.4) is 0 Å². The van der Waals surface area contributed by atoms with E-state index < -0.39 is 17.9 Å². The first kappa shape index (κ1) is 23.5. The zero-order valence-electron chi connectivity index (χ0n) is 19.0. The third kappa shape index (κ3) is 6.01. The Hall–Kier alpha value is -3.67. The molecule has 0 heterocycles. The lowest BCUT2D eigenvalue weighted by molar-refractivity contribution is -0.146. The fourth-order valence-corrected chi connectivity index (χ4v) is 4.68. The highest BCUT2D eigenvalue weighted by molar-refractivity contribution is 5.82. The molecule has 2 aliphatic carbocycles. The number of aliphatic carboxylic acids is 1. The first-order valence-corrected chi connectivity index (χ1v) is 11.7. The van der Waals surface area contributed by atoms with Crippen molar-refractivity contribution in [3.8, 4) is 0 Å². The fourth-order valence-electron chi connectivity index (χ4n) is 4.68. The molecule has 176 valence electrons. The quantitative estimate of drug-likeness (QED) is 0.566. The summed E-state index contributed by atoms with van der Waals surface area (Å²) in [6.45, 7) is 0.178. The van der Waals surface area contributed by atoms with Crippen LogP contribution in [-0.2, 0) is 25.7 Å². The molecule has 0 aliphatic heterocycles. The van der Waals surface area contributed by atoms with E-state index in [9.17, 15) is 19.5 Å². The second-order valence-corrected chi connectivity index (χ2v) is 8.85. The third-order valence-corrected chi connectivity index (χ3v) is 6.42. The van der Waals surface area contributed by atoms with Crippen molar-refractivity contribution in [3.05, 3.63) is 95.1 Å². The number of allylic oxidation sites excluding steroid dienone is 2. The Labute approximate surface area is 199 Å². The van der Waals surface area contributed by atoms with E-state index in [0.717, 1.165) is 23.1 Å². The van der Waals surface area contributed by atoms with Crippen LogP contribution in [0.25, 0.3) is 0 Å². The zero-order chi connectivity index (χ0) is 23.9. The number of benzene rings is 2. The molecule has 4 rings (SSSR count). The van der Waals surface area contributed by atoms with Crippen molar-refractivity contribution in [1.29, 1.82) is 0 Å². The summed E-state index contributed by atoms with van der Waals surface area (Å²) in [7, 11) is 0. The predicted molar refractivity (Wildman–Crippen MR) is 128 cm³/mol. The van der Waals surface area contributed by atoms with Crippen LogP contribution in [0.4, 0.5) is 0 Å². The van der Waals surface area contributed by atoms with Crippen molar-refractivity contribution in [2.45, 2.75) is 50.7 Å². The molecule has 6 heteroatoms. The summed E-state index contributed by atoms with van der Waals surface area (Å²) in [6.07, 6.45) is 5.95. The van der Waals surface area contributed by atoms with E-state index >= 15 is 0 Å². The normalized spacial score (nSPS) is 21.5. The maximum atomic E-state index is 12.5. The molecule has 34 heavy (non-hydrogen) atoms. The van der Waals surface area contributed by atoms with Crippen molar-refractivity contribution in [2.75, 3.05) is 0 Å². The van der Waals surface area contributed by atoms with E-state index in [1.807, 2.05) is 48.5 Å². The van der Waals surface area contributed by atoms with E-state index in [1.165, 1.54) is 5.56 Å². The average Bonchev–Trinajstić information content (AvgIpc) is 2.86. The lowest BCUT2D eigenvalue weighted by Crippen LogP contribution is -2.42. The minimum atomic E-state index is -0.880. The molecule has 1 unspecified atom stereocenters. The molecule has 6 nitrogen and oxygen atoms in total. The number of hydrogen-bond acceptors (Lipinski definition) is 4. The van der Waals surface area contributed by atoms with Gasteiger partial charge in [-0.05, 0) is 41.5 Å². The maximum Gasteiger partial charge on any atom is 0.311 e. The van der Waals surface area contributed by atoms with Crippen molar-refractivity contribution in [1.82, 2.24) is 5.32 Å². The molecule has 0 saturated heterocycles. The van der Waals surface area contributed by atoms with E-state index in [-0.39, 0.29) is 37.3 Å². The fraction of sp³-hybridized carbons (Fsp3) is 0.321. The SMILES string of the molecule is O=C(CCC(=O)OCc1ccccc1)N[C@@H]1CC2=CCC(c3ccccc3)C=C2[C@@H](C(=O)O)C1. The van der Waals surface area contributed by atoms with Crippen LogP contribution in [-0.4, -0.2) is 29.0 Å². The number of carboxylic acid groups (broad SMARTS) is 1. The number of nitrogens with one attached hydrogen (secondary N) is 1. The maximum absolute atomic E-state index is 12.5. The second kappa shape index (κ2) is 11.0. The van der Waals surface area contributed by atoms with Crippen molar-refractivity contribution in [3.63, 3.8) is 0 Å². The van der Waals surface area contributed by atoms with Crippen molar-refractivity contribution in [2.24, 2.45) is 5.92 Å². The Morgan fingerprint density at radius 1 is 0.971 bits per heavy atom. The first-order chi connectivity index (χ1) is 16.5. The lowest BCUT2D eigenvalue weighted by atomic mass is 9.72. The third-order valence-electron chi connectivity index (χ3n) is 6.42. The highest BCUT2D eigenvalue weighted by Crippen LogP contribution is 2.41. The lowest BCUT2D eigenvalue weighted by Gasteiger charge is -2.35. The molecule has 2 aromatic rings. The molecule has 1 saturated carbocycles. The van der Waals surface area contributed by atoms with Gasteiger partial charge >= 0.3 is 11.9 Å². The van der Waals surface area contributed by atoms with Gasteiger partial charge in [0.1, 0.15) is 6.61 Å². The summed E-state index contributed by atoms with van der Waals surface area (Å²) in [5.74, 6) is -2.08. The molecule has 0 aromatic heterocycles. The standard InChI is InChI=1S/C28H29NO5/c30-26(13-14-27(31)34-18-19-7-3-1-4-8-19)29-23-15-22-12-11-21(20-9-5-2-6-10-20)16-24(22)25(17-23)28(32)33/h1-10,12,16,21,23,25H,11,13-15,17-18H2,(H,29,30)(H,32,33)/t21?,23-,25+/m1/s1. The number of rotatable bonds is 8. The van der Waals surface area contributed by atoms with Gasteiger partial charge in [0.05, 0.1) is 12.3 Å². The van der Waals surface area contributed by atoms with Gasteiger partial charge in [-0.25, -0.2) is 0 Å². The van der Waals surface area contributed by atoms with Gasteiger partial charge in [-0.15, -0.1) is 0 Å².